The molecule has 0 spiro atoms. The van der Waals surface area contributed by atoms with Crippen LogP contribution in [0.2, 0.25) is 0 Å². The van der Waals surface area contributed by atoms with Crippen molar-refractivity contribution in [1.82, 2.24) is 4.68 Å². The Hall–Kier alpha value is -1.83. The van der Waals surface area contributed by atoms with E-state index in [4.69, 9.17) is 15.9 Å². The Bertz CT molecular complexity index is 518. The minimum absolute atomic E-state index is 0.0115. The predicted molar refractivity (Wildman–Crippen MR) is 67.7 cm³/mol. The van der Waals surface area contributed by atoms with Crippen LogP contribution in [-0.2, 0) is 9.53 Å². The molecular weight excluding hydrogens is 256 g/mol. The fraction of sp³-hybridized carbons (Fsp3) is 0.500. The fourth-order valence-corrected chi connectivity index (χ4v) is 1.87. The lowest BCUT2D eigenvalue weighted by Gasteiger charge is -2.09. The lowest BCUT2D eigenvalue weighted by Crippen LogP contribution is -2.33. The summed E-state index contributed by atoms with van der Waals surface area (Å²) < 4.78 is 5.89. The smallest absolute Gasteiger partial charge is 0.352 e. The van der Waals surface area contributed by atoms with Crippen LogP contribution in [0.15, 0.2) is 0 Å². The number of ether oxygens (including phenoxy) is 1. The normalized spacial score (nSPS) is 10.4. The van der Waals surface area contributed by atoms with Crippen LogP contribution < -0.4 is 16.0 Å². The van der Waals surface area contributed by atoms with Gasteiger partial charge in [-0.25, -0.2) is 9.47 Å². The molecule has 7 nitrogen and oxygen atoms in total. The Morgan fingerprint density at radius 3 is 2.67 bits per heavy atom. The molecule has 0 fully saturated rings. The average Bonchev–Trinajstić information content (AvgIpc) is 2.57. The highest BCUT2D eigenvalue weighted by Gasteiger charge is 2.20. The molecule has 0 atom stereocenters. The van der Waals surface area contributed by atoms with Crippen molar-refractivity contribution in [2.45, 2.75) is 20.8 Å². The highest BCUT2D eigenvalue weighted by Crippen LogP contribution is 2.15. The third-order valence-corrected chi connectivity index (χ3v) is 3.04. The van der Waals surface area contributed by atoms with E-state index in [0.29, 0.717) is 0 Å². The lowest BCUT2D eigenvalue weighted by atomic mass is 10.2. The van der Waals surface area contributed by atoms with Crippen LogP contribution in [0.25, 0.3) is 0 Å². The molecular formula is C10H16N4O3S. The molecule has 0 saturated heterocycles. The van der Waals surface area contributed by atoms with Gasteiger partial charge in [-0.1, -0.05) is 25.2 Å². The van der Waals surface area contributed by atoms with Crippen LogP contribution >= 0.6 is 11.3 Å². The molecule has 1 rings (SSSR count). The second-order valence-corrected chi connectivity index (χ2v) is 4.81. The maximum atomic E-state index is 11.5. The van der Waals surface area contributed by atoms with Gasteiger partial charge in [0.25, 0.3) is 0 Å². The largest absolute Gasteiger partial charge is 0.462 e. The van der Waals surface area contributed by atoms with Crippen molar-refractivity contribution in [2.75, 3.05) is 17.8 Å². The molecule has 8 heteroatoms. The maximum Gasteiger partial charge on any atom is 0.352 e. The summed E-state index contributed by atoms with van der Waals surface area (Å²) in [6.07, 6.45) is 0. The molecule has 1 aromatic heterocycles. The maximum absolute atomic E-state index is 11.5. The Labute approximate surface area is 108 Å². The molecule has 100 valence electrons. The molecule has 1 aromatic rings. The number of nitrogens with two attached hydrogens (primary N) is 1. The zero-order valence-electron chi connectivity index (χ0n) is 10.4. The van der Waals surface area contributed by atoms with Crippen LogP contribution in [0.4, 0.5) is 5.82 Å². The van der Waals surface area contributed by atoms with Gasteiger partial charge in [0.1, 0.15) is 0 Å². The van der Waals surface area contributed by atoms with Crippen LogP contribution in [0.5, 0.6) is 0 Å². The minimum atomic E-state index is -0.592. The second kappa shape index (κ2) is 5.67. The molecule has 0 aromatic carbocycles. The first kappa shape index (κ1) is 14.2. The molecule has 18 heavy (non-hydrogen) atoms. The monoisotopic (exact) mass is 272 g/mol. The van der Waals surface area contributed by atoms with Gasteiger partial charge in [0.15, 0.2) is 10.7 Å². The van der Waals surface area contributed by atoms with Crippen molar-refractivity contribution in [3.8, 4) is 0 Å². The third-order valence-electron chi connectivity index (χ3n) is 2.08. The quantitative estimate of drug-likeness (QED) is 0.694. The van der Waals surface area contributed by atoms with E-state index >= 15 is 0 Å². The van der Waals surface area contributed by atoms with Gasteiger partial charge >= 0.3 is 5.97 Å². The van der Waals surface area contributed by atoms with Crippen molar-refractivity contribution in [3.05, 3.63) is 9.68 Å². The first-order chi connectivity index (χ1) is 8.38. The number of carbonyl (C=O) groups is 2. The number of nitrogens with one attached hydrogen (secondary N) is 2. The van der Waals surface area contributed by atoms with Crippen molar-refractivity contribution in [2.24, 2.45) is 5.92 Å². The molecule has 0 radical (unpaired) electrons. The Morgan fingerprint density at radius 1 is 1.56 bits per heavy atom. The van der Waals surface area contributed by atoms with Gasteiger partial charge in [-0.15, -0.1) is 0 Å². The van der Waals surface area contributed by atoms with E-state index in [9.17, 15) is 9.59 Å². The first-order valence-electron chi connectivity index (χ1n) is 5.42. The van der Waals surface area contributed by atoms with E-state index in [1.807, 2.05) is 0 Å². The number of hydrogen-bond donors (Lipinski definition) is 3. The van der Waals surface area contributed by atoms with Crippen LogP contribution in [0.1, 0.15) is 30.4 Å². The van der Waals surface area contributed by atoms with Crippen LogP contribution in [-0.4, -0.2) is 23.2 Å². The summed E-state index contributed by atoms with van der Waals surface area (Å²) >= 11 is 0.858. The summed E-state index contributed by atoms with van der Waals surface area (Å²) in [6.45, 7) is 5.34. The Balaban J connectivity index is 3.05. The molecule has 0 aliphatic heterocycles. The highest BCUT2D eigenvalue weighted by atomic mass is 32.1. The third kappa shape index (κ3) is 2.89. The zero-order chi connectivity index (χ0) is 13.9. The van der Waals surface area contributed by atoms with Gasteiger partial charge in [0, 0.05) is 5.92 Å². The first-order valence-corrected chi connectivity index (χ1v) is 6.24. The van der Waals surface area contributed by atoms with Gasteiger partial charge in [0.2, 0.25) is 10.7 Å². The second-order valence-electron chi connectivity index (χ2n) is 3.81. The molecule has 1 amide bonds. The molecule has 1 heterocycles. The highest BCUT2D eigenvalue weighted by molar-refractivity contribution is 7.11. The number of nitrogens with zero attached hydrogens (tertiary/aromatic N) is 1. The number of carbonyl (C=O) groups excluding carboxylic acids is 2. The number of amides is 1. The van der Waals surface area contributed by atoms with Crippen molar-refractivity contribution in [3.63, 3.8) is 0 Å². The van der Waals surface area contributed by atoms with Gasteiger partial charge in [-0.05, 0) is 6.92 Å². The summed E-state index contributed by atoms with van der Waals surface area (Å²) in [4.78, 5) is 23.2. The summed E-state index contributed by atoms with van der Waals surface area (Å²) in [5.41, 5.74) is 8.18. The van der Waals surface area contributed by atoms with Crippen LogP contribution in [0.3, 0.4) is 0 Å². The average molecular weight is 272 g/mol. The summed E-state index contributed by atoms with van der Waals surface area (Å²) in [6, 6.07) is 0. The summed E-state index contributed by atoms with van der Waals surface area (Å²) in [5, 5.41) is 7.67. The van der Waals surface area contributed by atoms with E-state index in [-0.39, 0.29) is 33.9 Å². The fourth-order valence-electron chi connectivity index (χ4n) is 1.10. The van der Waals surface area contributed by atoms with Crippen LogP contribution in [0, 0.1) is 11.3 Å². The number of aromatic nitrogens is 1. The number of thiazole rings is 1. The molecule has 0 saturated carbocycles. The van der Waals surface area contributed by atoms with Gasteiger partial charge in [0.05, 0.1) is 6.61 Å². The van der Waals surface area contributed by atoms with Gasteiger partial charge in [-0.3, -0.25) is 15.6 Å². The molecule has 0 aliphatic rings. The van der Waals surface area contributed by atoms with E-state index < -0.39 is 5.97 Å². The lowest BCUT2D eigenvalue weighted by molar-refractivity contribution is -0.119. The molecule has 0 unspecified atom stereocenters. The number of hydrogen-bond acceptors (Lipinski definition) is 6. The van der Waals surface area contributed by atoms with Crippen molar-refractivity contribution < 1.29 is 14.3 Å². The zero-order valence-corrected chi connectivity index (χ0v) is 11.3. The summed E-state index contributed by atoms with van der Waals surface area (Å²) in [7, 11) is 0. The van der Waals surface area contributed by atoms with E-state index in [2.05, 4.69) is 5.43 Å². The summed E-state index contributed by atoms with van der Waals surface area (Å²) in [5.74, 6) is -1.11. The number of rotatable bonds is 4. The van der Waals surface area contributed by atoms with E-state index in [0.717, 1.165) is 16.0 Å². The minimum Gasteiger partial charge on any atom is -0.462 e. The van der Waals surface area contributed by atoms with Gasteiger partial charge in [-0.2, -0.15) is 0 Å². The number of anilines is 1. The topological polar surface area (TPSA) is 110 Å². The predicted octanol–water partition coefficient (Wildman–Crippen LogP) is 0.514. The van der Waals surface area contributed by atoms with Crippen molar-refractivity contribution in [1.29, 1.82) is 5.41 Å². The molecule has 0 bridgehead atoms. The molecule has 4 N–H and O–H groups in total. The number of esters is 1. The Morgan fingerprint density at radius 2 is 2.17 bits per heavy atom. The van der Waals surface area contributed by atoms with Gasteiger partial charge < -0.3 is 10.5 Å². The van der Waals surface area contributed by atoms with Crippen molar-refractivity contribution >= 4 is 29.0 Å². The standard InChI is InChI=1S/C10H16N4O3S/c1-4-17-9(16)6-7(11)14(10(12)18-6)13-8(15)5(2)3/h5,12H,4,11H2,1-3H3,(H,13,15). The van der Waals surface area contributed by atoms with E-state index in [1.165, 1.54) is 0 Å². The Kier molecular flexibility index (Phi) is 4.49. The van der Waals surface area contributed by atoms with E-state index in [1.54, 1.807) is 20.8 Å². The SMILES string of the molecule is CCOC(=O)c1sc(=N)n(NC(=O)C(C)C)c1N. The molecule has 0 aliphatic carbocycles. The number of nitrogen functional groups attached to an aromatic ring is 1.